The highest BCUT2D eigenvalue weighted by Crippen LogP contribution is 2.36. The first kappa shape index (κ1) is 17.6. The lowest BCUT2D eigenvalue weighted by Gasteiger charge is -2.37. The van der Waals surface area contributed by atoms with Crippen molar-refractivity contribution in [3.8, 4) is 0 Å². The van der Waals surface area contributed by atoms with Crippen LogP contribution in [0.5, 0.6) is 0 Å². The lowest BCUT2D eigenvalue weighted by molar-refractivity contribution is -0.114. The lowest BCUT2D eigenvalue weighted by Crippen LogP contribution is -2.42. The molecule has 2 rings (SSSR count). The van der Waals surface area contributed by atoms with E-state index in [0.717, 1.165) is 6.20 Å². The summed E-state index contributed by atoms with van der Waals surface area (Å²) >= 11 is 0. The van der Waals surface area contributed by atoms with Gasteiger partial charge < -0.3 is 14.6 Å². The average Bonchev–Trinajstić information content (AvgIpc) is 2.42. The summed E-state index contributed by atoms with van der Waals surface area (Å²) in [5.41, 5.74) is -1.67. The molecule has 0 radical (unpaired) electrons. The molecule has 1 aromatic rings. The van der Waals surface area contributed by atoms with Gasteiger partial charge in [-0.15, -0.1) is 0 Å². The van der Waals surface area contributed by atoms with E-state index in [1.54, 1.807) is 20.8 Å². The predicted molar refractivity (Wildman–Crippen MR) is 82.5 cm³/mol. The van der Waals surface area contributed by atoms with Crippen molar-refractivity contribution in [3.63, 3.8) is 0 Å². The summed E-state index contributed by atoms with van der Waals surface area (Å²) in [7, 11) is 0. The zero-order valence-electron chi connectivity index (χ0n) is 13.9. The average molecular weight is 326 g/mol. The Bertz CT molecular complexity index is 588. The zero-order valence-corrected chi connectivity index (χ0v) is 13.9. The van der Waals surface area contributed by atoms with Gasteiger partial charge in [-0.25, -0.2) is 9.18 Å². The second-order valence-electron chi connectivity index (χ2n) is 6.83. The van der Waals surface area contributed by atoms with Gasteiger partial charge in [0.15, 0.2) is 5.82 Å². The number of halogens is 1. The van der Waals surface area contributed by atoms with E-state index in [0.29, 0.717) is 25.3 Å². The number of aliphatic hydroxyl groups is 1. The van der Waals surface area contributed by atoms with Gasteiger partial charge in [-0.05, 0) is 26.8 Å². The summed E-state index contributed by atoms with van der Waals surface area (Å²) in [5, 5.41) is 13.2. The van der Waals surface area contributed by atoms with Gasteiger partial charge in [-0.2, -0.15) is 0 Å². The van der Waals surface area contributed by atoms with Crippen molar-refractivity contribution < 1.29 is 23.8 Å². The topological polar surface area (TPSA) is 80.7 Å². The second-order valence-corrected chi connectivity index (χ2v) is 6.83. The van der Waals surface area contributed by atoms with Crippen LogP contribution >= 0.6 is 0 Å². The van der Waals surface area contributed by atoms with Crippen LogP contribution in [0, 0.1) is 11.7 Å². The normalized spacial score (nSPS) is 25.0. The van der Waals surface area contributed by atoms with Crippen molar-refractivity contribution in [3.05, 3.63) is 23.8 Å². The maximum Gasteiger partial charge on any atom is 0.412 e. The van der Waals surface area contributed by atoms with E-state index in [4.69, 9.17) is 9.47 Å². The maximum atomic E-state index is 13.9. The van der Waals surface area contributed by atoms with Crippen LogP contribution < -0.4 is 5.32 Å². The Balaban J connectivity index is 2.24. The molecule has 1 aromatic heterocycles. The molecule has 1 aliphatic heterocycles. The molecule has 0 aliphatic carbocycles. The molecule has 0 bridgehead atoms. The molecule has 6 nitrogen and oxygen atoms in total. The van der Waals surface area contributed by atoms with Gasteiger partial charge in [0.05, 0.1) is 24.2 Å². The molecule has 1 fully saturated rings. The molecule has 23 heavy (non-hydrogen) atoms. The Morgan fingerprint density at radius 1 is 1.57 bits per heavy atom. The number of ether oxygens (including phenoxy) is 2. The second kappa shape index (κ2) is 6.41. The minimum atomic E-state index is -1.21. The van der Waals surface area contributed by atoms with Crippen LogP contribution in [-0.2, 0) is 15.1 Å². The third kappa shape index (κ3) is 4.17. The zero-order chi connectivity index (χ0) is 17.3. The number of carbonyl (C=O) groups is 1. The third-order valence-electron chi connectivity index (χ3n) is 3.75. The minimum absolute atomic E-state index is 0.0728. The van der Waals surface area contributed by atoms with Crippen LogP contribution in [0.25, 0.3) is 0 Å². The van der Waals surface area contributed by atoms with Gasteiger partial charge in [0.25, 0.3) is 0 Å². The Kier molecular flexibility index (Phi) is 4.91. The highest BCUT2D eigenvalue weighted by molar-refractivity contribution is 5.85. The maximum absolute atomic E-state index is 13.9. The number of pyridine rings is 1. The number of nitrogens with one attached hydrogen (secondary N) is 1. The summed E-state index contributed by atoms with van der Waals surface area (Å²) in [6.07, 6.45) is 0.585. The minimum Gasteiger partial charge on any atom is -0.444 e. The molecule has 0 saturated carbocycles. The van der Waals surface area contributed by atoms with Crippen LogP contribution in [0.3, 0.4) is 0 Å². The lowest BCUT2D eigenvalue weighted by atomic mass is 9.81. The monoisotopic (exact) mass is 326 g/mol. The van der Waals surface area contributed by atoms with Gasteiger partial charge in [-0.3, -0.25) is 10.3 Å². The highest BCUT2D eigenvalue weighted by atomic mass is 19.1. The Morgan fingerprint density at radius 3 is 2.87 bits per heavy atom. The van der Waals surface area contributed by atoms with Gasteiger partial charge in [-0.1, -0.05) is 6.92 Å². The fraction of sp³-hybridized carbons (Fsp3) is 0.625. The summed E-state index contributed by atoms with van der Waals surface area (Å²) in [5.74, 6) is -0.883. The molecule has 0 aromatic carbocycles. The SMILES string of the molecule is CC1COCCC1(O)c1cc(NC(=O)OC(C)(C)C)c(F)cn1. The molecule has 2 atom stereocenters. The fourth-order valence-corrected chi connectivity index (χ4v) is 2.44. The predicted octanol–water partition coefficient (Wildman–Crippen LogP) is 2.81. The summed E-state index contributed by atoms with van der Waals surface area (Å²) in [4.78, 5) is 15.8. The van der Waals surface area contributed by atoms with Crippen LogP contribution in [0.1, 0.15) is 39.8 Å². The number of amides is 1. The molecule has 2 N–H and O–H groups in total. The molecule has 1 amide bonds. The van der Waals surface area contributed by atoms with E-state index >= 15 is 0 Å². The first-order valence-corrected chi connectivity index (χ1v) is 7.58. The van der Waals surface area contributed by atoms with Crippen LogP contribution in [0.15, 0.2) is 12.3 Å². The molecule has 1 saturated heterocycles. The van der Waals surface area contributed by atoms with Gasteiger partial charge in [0.1, 0.15) is 11.2 Å². The molecule has 128 valence electrons. The van der Waals surface area contributed by atoms with Crippen LogP contribution in [0.4, 0.5) is 14.9 Å². The molecule has 7 heteroatoms. The molecule has 1 aliphatic rings. The van der Waals surface area contributed by atoms with E-state index in [2.05, 4.69) is 10.3 Å². The highest BCUT2D eigenvalue weighted by Gasteiger charge is 2.40. The quantitative estimate of drug-likeness (QED) is 0.873. The number of rotatable bonds is 2. The van der Waals surface area contributed by atoms with Crippen molar-refractivity contribution in [2.24, 2.45) is 5.92 Å². The van der Waals surface area contributed by atoms with Crippen LogP contribution in [-0.4, -0.2) is 35.0 Å². The smallest absolute Gasteiger partial charge is 0.412 e. The van der Waals surface area contributed by atoms with Crippen molar-refractivity contribution >= 4 is 11.8 Å². The van der Waals surface area contributed by atoms with E-state index < -0.39 is 23.1 Å². The number of anilines is 1. The summed E-state index contributed by atoms with van der Waals surface area (Å²) < 4.78 is 24.3. The molecule has 2 unspecified atom stereocenters. The fourth-order valence-electron chi connectivity index (χ4n) is 2.44. The van der Waals surface area contributed by atoms with Crippen molar-refractivity contribution in [1.29, 1.82) is 0 Å². The van der Waals surface area contributed by atoms with Crippen molar-refractivity contribution in [2.45, 2.75) is 45.3 Å². The molecular formula is C16H23FN2O4. The number of carbonyl (C=O) groups excluding carboxylic acids is 1. The molecular weight excluding hydrogens is 303 g/mol. The number of aromatic nitrogens is 1. The van der Waals surface area contributed by atoms with E-state index in [1.165, 1.54) is 6.07 Å². The Labute approximate surface area is 135 Å². The summed E-state index contributed by atoms with van der Waals surface area (Å²) in [6.45, 7) is 7.78. The van der Waals surface area contributed by atoms with Gasteiger partial charge >= 0.3 is 6.09 Å². The van der Waals surface area contributed by atoms with E-state index in [9.17, 15) is 14.3 Å². The standard InChI is InChI=1S/C16H23FN2O4/c1-10-9-22-6-5-16(10,21)13-7-12(11(17)8-18-13)19-14(20)23-15(2,3)4/h7-8,10,21H,5-6,9H2,1-4H3,(H,18,19,20). The van der Waals surface area contributed by atoms with Crippen molar-refractivity contribution in [2.75, 3.05) is 18.5 Å². The Morgan fingerprint density at radius 2 is 2.26 bits per heavy atom. The van der Waals surface area contributed by atoms with Gasteiger partial charge in [0.2, 0.25) is 0 Å². The number of hydrogen-bond donors (Lipinski definition) is 2. The largest absolute Gasteiger partial charge is 0.444 e. The van der Waals surface area contributed by atoms with Crippen LogP contribution in [0.2, 0.25) is 0 Å². The summed E-state index contributed by atoms with van der Waals surface area (Å²) in [6, 6.07) is 1.35. The first-order valence-electron chi connectivity index (χ1n) is 7.58. The van der Waals surface area contributed by atoms with Crippen molar-refractivity contribution in [1.82, 2.24) is 4.98 Å². The third-order valence-corrected chi connectivity index (χ3v) is 3.75. The number of nitrogens with zero attached hydrogens (tertiary/aromatic N) is 1. The van der Waals surface area contributed by atoms with E-state index in [1.807, 2.05) is 6.92 Å². The van der Waals surface area contributed by atoms with E-state index in [-0.39, 0.29) is 11.6 Å². The Hall–Kier alpha value is -1.73. The molecule has 0 spiro atoms. The molecule has 2 heterocycles. The van der Waals surface area contributed by atoms with Gasteiger partial charge in [0, 0.05) is 18.9 Å². The first-order chi connectivity index (χ1) is 10.6. The number of hydrogen-bond acceptors (Lipinski definition) is 5.